The molecule has 1 amide bonds. The van der Waals surface area contributed by atoms with Crippen LogP contribution in [-0.4, -0.2) is 34.9 Å². The lowest BCUT2D eigenvalue weighted by Crippen LogP contribution is -2.54. The van der Waals surface area contributed by atoms with E-state index >= 15 is 0 Å². The minimum absolute atomic E-state index is 0.204. The lowest BCUT2D eigenvalue weighted by atomic mass is 9.80. The van der Waals surface area contributed by atoms with E-state index in [4.69, 9.17) is 11.6 Å². The average Bonchev–Trinajstić information content (AvgIpc) is 2.70. The highest BCUT2D eigenvalue weighted by Gasteiger charge is 2.37. The number of halogens is 1. The van der Waals surface area contributed by atoms with Crippen molar-refractivity contribution in [2.75, 3.05) is 11.4 Å². The topological polar surface area (TPSA) is 23.6 Å². The Morgan fingerprint density at radius 3 is 2.50 bits per heavy atom. The van der Waals surface area contributed by atoms with E-state index < -0.39 is 0 Å². The first-order chi connectivity index (χ1) is 13.6. The SMILES string of the molecule is CCC[C@H]1CCC[C@H](N2CC[C@H](N(C(=O)Cl)c3ccccc3)C[C@@H]2CCC)C1. The summed E-state index contributed by atoms with van der Waals surface area (Å²) in [5, 5.41) is -0.347. The molecule has 0 aromatic heterocycles. The van der Waals surface area contributed by atoms with Crippen LogP contribution in [0.25, 0.3) is 0 Å². The van der Waals surface area contributed by atoms with Crippen molar-refractivity contribution in [3.05, 3.63) is 30.3 Å². The monoisotopic (exact) mass is 404 g/mol. The number of anilines is 1. The Labute approximate surface area is 176 Å². The summed E-state index contributed by atoms with van der Waals surface area (Å²) in [7, 11) is 0. The molecule has 28 heavy (non-hydrogen) atoms. The van der Waals surface area contributed by atoms with Gasteiger partial charge in [-0.3, -0.25) is 14.6 Å². The largest absolute Gasteiger partial charge is 0.321 e. The van der Waals surface area contributed by atoms with E-state index in [9.17, 15) is 4.79 Å². The molecule has 156 valence electrons. The fourth-order valence-corrected chi connectivity index (χ4v) is 5.89. The van der Waals surface area contributed by atoms with Crippen LogP contribution in [0.1, 0.15) is 78.1 Å². The fourth-order valence-electron chi connectivity index (χ4n) is 5.66. The van der Waals surface area contributed by atoms with E-state index in [1.165, 1.54) is 51.4 Å². The van der Waals surface area contributed by atoms with Crippen molar-refractivity contribution >= 4 is 22.7 Å². The normalized spacial score (nSPS) is 28.8. The number of rotatable bonds is 7. The second-order valence-corrected chi connectivity index (χ2v) is 9.12. The molecule has 1 aliphatic heterocycles. The number of amides is 1. The van der Waals surface area contributed by atoms with Gasteiger partial charge in [0.05, 0.1) is 0 Å². The van der Waals surface area contributed by atoms with Crippen LogP contribution >= 0.6 is 11.6 Å². The van der Waals surface area contributed by atoms with Crippen LogP contribution in [0, 0.1) is 5.92 Å². The molecule has 0 unspecified atom stereocenters. The van der Waals surface area contributed by atoms with E-state index in [1.807, 2.05) is 35.2 Å². The summed E-state index contributed by atoms with van der Waals surface area (Å²) < 4.78 is 0. The first kappa shape index (κ1) is 21.6. The molecule has 2 fully saturated rings. The van der Waals surface area contributed by atoms with Crippen molar-refractivity contribution in [3.63, 3.8) is 0 Å². The summed E-state index contributed by atoms with van der Waals surface area (Å²) in [4.78, 5) is 16.9. The summed E-state index contributed by atoms with van der Waals surface area (Å²) in [6, 6.07) is 11.5. The molecule has 1 aromatic carbocycles. The summed E-state index contributed by atoms with van der Waals surface area (Å²) in [5.74, 6) is 0.911. The van der Waals surface area contributed by atoms with Gasteiger partial charge < -0.3 is 0 Å². The quantitative estimate of drug-likeness (QED) is 0.366. The van der Waals surface area contributed by atoms with Crippen molar-refractivity contribution in [3.8, 4) is 0 Å². The molecule has 0 N–H and O–H groups in total. The molecule has 3 nitrogen and oxygen atoms in total. The number of para-hydroxylation sites is 1. The molecule has 0 bridgehead atoms. The van der Waals surface area contributed by atoms with E-state index in [-0.39, 0.29) is 11.4 Å². The van der Waals surface area contributed by atoms with E-state index in [2.05, 4.69) is 18.7 Å². The Hall–Kier alpha value is -1.06. The first-order valence-corrected chi connectivity index (χ1v) is 11.8. The third kappa shape index (κ3) is 5.30. The van der Waals surface area contributed by atoms with E-state index in [0.717, 1.165) is 37.0 Å². The average molecular weight is 405 g/mol. The highest BCUT2D eigenvalue weighted by atomic mass is 35.5. The van der Waals surface area contributed by atoms with Gasteiger partial charge in [-0.1, -0.05) is 64.2 Å². The molecule has 1 saturated heterocycles. The standard InChI is InChI=1S/C24H37ClN2O/c1-3-9-19-11-8-14-22(17-19)26-16-15-23(18-21(26)10-4-2)27(24(25)28)20-12-6-5-7-13-20/h5-7,12-13,19,21-23H,3-4,8-11,14-18H2,1-2H3/t19-,21-,22-,23-/m0/s1. The zero-order chi connectivity index (χ0) is 19.9. The molecule has 4 heteroatoms. The fraction of sp³-hybridized carbons (Fsp3) is 0.708. The van der Waals surface area contributed by atoms with Crippen molar-refractivity contribution in [1.29, 1.82) is 0 Å². The maximum atomic E-state index is 12.3. The molecule has 2 aliphatic rings. The zero-order valence-corrected chi connectivity index (χ0v) is 18.4. The summed E-state index contributed by atoms with van der Waals surface area (Å²) in [5.41, 5.74) is 0.928. The van der Waals surface area contributed by atoms with Gasteiger partial charge in [-0.2, -0.15) is 0 Å². The minimum atomic E-state index is -0.347. The number of carbonyl (C=O) groups is 1. The lowest BCUT2D eigenvalue weighted by Gasteiger charge is -2.48. The van der Waals surface area contributed by atoms with Gasteiger partial charge in [0.2, 0.25) is 0 Å². The van der Waals surface area contributed by atoms with Gasteiger partial charge in [0.25, 0.3) is 0 Å². The van der Waals surface area contributed by atoms with Gasteiger partial charge in [-0.05, 0) is 61.8 Å². The van der Waals surface area contributed by atoms with Crippen LogP contribution < -0.4 is 4.90 Å². The van der Waals surface area contributed by atoms with Crippen molar-refractivity contribution in [2.45, 2.75) is 96.2 Å². The number of piperidine rings is 1. The van der Waals surface area contributed by atoms with Crippen LogP contribution in [0.15, 0.2) is 30.3 Å². The maximum Gasteiger partial charge on any atom is 0.321 e. The van der Waals surface area contributed by atoms with Crippen LogP contribution in [0.3, 0.4) is 0 Å². The third-order valence-corrected chi connectivity index (χ3v) is 7.05. The second kappa shape index (κ2) is 10.6. The molecule has 4 atom stereocenters. The van der Waals surface area contributed by atoms with Gasteiger partial charge >= 0.3 is 5.37 Å². The van der Waals surface area contributed by atoms with Crippen molar-refractivity contribution in [1.82, 2.24) is 4.90 Å². The number of hydrogen-bond donors (Lipinski definition) is 0. The summed E-state index contributed by atoms with van der Waals surface area (Å²) >= 11 is 6.05. The first-order valence-electron chi connectivity index (χ1n) is 11.4. The lowest BCUT2D eigenvalue weighted by molar-refractivity contribution is 0.0460. The van der Waals surface area contributed by atoms with Gasteiger partial charge in [-0.25, -0.2) is 0 Å². The minimum Gasteiger partial charge on any atom is -0.297 e. The number of hydrogen-bond acceptors (Lipinski definition) is 2. The molecular weight excluding hydrogens is 368 g/mol. The molecule has 1 saturated carbocycles. The Morgan fingerprint density at radius 1 is 1.07 bits per heavy atom. The number of carbonyl (C=O) groups excluding carboxylic acids is 1. The molecule has 0 radical (unpaired) electrons. The van der Waals surface area contributed by atoms with Crippen molar-refractivity contribution in [2.24, 2.45) is 5.92 Å². The molecule has 1 aromatic rings. The van der Waals surface area contributed by atoms with E-state index in [0.29, 0.717) is 6.04 Å². The molecular formula is C24H37ClN2O. The van der Waals surface area contributed by atoms with Gasteiger partial charge in [0, 0.05) is 30.4 Å². The zero-order valence-electron chi connectivity index (χ0n) is 17.7. The third-order valence-electron chi connectivity index (χ3n) is 6.87. The second-order valence-electron chi connectivity index (χ2n) is 8.79. The van der Waals surface area contributed by atoms with Crippen molar-refractivity contribution < 1.29 is 4.79 Å². The Kier molecular flexibility index (Phi) is 8.23. The maximum absolute atomic E-state index is 12.3. The van der Waals surface area contributed by atoms with Crippen LogP contribution in [0.2, 0.25) is 0 Å². The highest BCUT2D eigenvalue weighted by molar-refractivity contribution is 6.66. The number of likely N-dealkylation sites (tertiary alicyclic amines) is 1. The van der Waals surface area contributed by atoms with Crippen LogP contribution in [-0.2, 0) is 0 Å². The predicted molar refractivity (Wildman–Crippen MR) is 119 cm³/mol. The Morgan fingerprint density at radius 2 is 1.82 bits per heavy atom. The Bertz CT molecular complexity index is 606. The van der Waals surface area contributed by atoms with Crippen LogP contribution in [0.4, 0.5) is 10.5 Å². The van der Waals surface area contributed by atoms with E-state index in [1.54, 1.807) is 0 Å². The van der Waals surface area contributed by atoms with Gasteiger partial charge in [-0.15, -0.1) is 0 Å². The number of nitrogens with zero attached hydrogens (tertiary/aromatic N) is 2. The summed E-state index contributed by atoms with van der Waals surface area (Å²) in [6.07, 6.45) is 12.7. The molecule has 1 aliphatic carbocycles. The highest BCUT2D eigenvalue weighted by Crippen LogP contribution is 2.36. The van der Waals surface area contributed by atoms with Gasteiger partial charge in [0.15, 0.2) is 0 Å². The predicted octanol–water partition coefficient (Wildman–Crippen LogP) is 6.84. The molecule has 1 heterocycles. The van der Waals surface area contributed by atoms with Gasteiger partial charge in [0.1, 0.15) is 0 Å². The number of benzene rings is 1. The molecule has 0 spiro atoms. The smallest absolute Gasteiger partial charge is 0.297 e. The van der Waals surface area contributed by atoms with Crippen LogP contribution in [0.5, 0.6) is 0 Å². The molecule has 3 rings (SSSR count). The Balaban J connectivity index is 1.72. The summed E-state index contributed by atoms with van der Waals surface area (Å²) in [6.45, 7) is 5.69.